The fraction of sp³-hybridized carbons (Fsp3) is 0.667. The van der Waals surface area contributed by atoms with Gasteiger partial charge in [0.15, 0.2) is 0 Å². The molecule has 5 nitrogen and oxygen atoms in total. The maximum atomic E-state index is 12.2. The second-order valence-electron chi connectivity index (χ2n) is 5.98. The molecule has 3 rings (SSSR count). The molecule has 2 aliphatic rings. The van der Waals surface area contributed by atoms with E-state index in [1.807, 2.05) is 17.0 Å². The molecule has 0 aromatic carbocycles. The molecule has 0 spiro atoms. The molecule has 2 N–H and O–H groups in total. The molecule has 1 saturated carbocycles. The van der Waals surface area contributed by atoms with Gasteiger partial charge in [0.25, 0.3) is 0 Å². The van der Waals surface area contributed by atoms with Crippen molar-refractivity contribution in [2.24, 2.45) is 5.92 Å². The molecule has 0 bridgehead atoms. The Morgan fingerprint density at radius 2 is 2.40 bits per heavy atom. The number of amides is 2. The minimum Gasteiger partial charge on any atom is -0.467 e. The maximum Gasteiger partial charge on any atom is 0.317 e. The molecule has 2 atom stereocenters. The largest absolute Gasteiger partial charge is 0.467 e. The van der Waals surface area contributed by atoms with Crippen LogP contribution in [0.2, 0.25) is 0 Å². The van der Waals surface area contributed by atoms with Gasteiger partial charge in [0, 0.05) is 19.0 Å². The topological polar surface area (TPSA) is 65.7 Å². The number of carbonyl (C=O) groups excluding carboxylic acids is 1. The van der Waals surface area contributed by atoms with E-state index in [0.717, 1.165) is 31.4 Å². The van der Waals surface area contributed by atoms with E-state index < -0.39 is 5.60 Å². The lowest BCUT2D eigenvalue weighted by molar-refractivity contribution is -0.0871. The second-order valence-corrected chi connectivity index (χ2v) is 5.98. The van der Waals surface area contributed by atoms with Gasteiger partial charge in [-0.15, -0.1) is 0 Å². The highest BCUT2D eigenvalue weighted by Gasteiger charge is 2.43. The molecule has 1 aliphatic heterocycles. The Balaban J connectivity index is 1.54. The molecule has 1 aromatic heterocycles. The Morgan fingerprint density at radius 1 is 1.50 bits per heavy atom. The highest BCUT2D eigenvalue weighted by atomic mass is 16.3. The minimum absolute atomic E-state index is 0.0611. The van der Waals surface area contributed by atoms with Crippen molar-refractivity contribution < 1.29 is 14.3 Å². The Kier molecular flexibility index (Phi) is 3.70. The zero-order valence-corrected chi connectivity index (χ0v) is 11.7. The predicted octanol–water partition coefficient (Wildman–Crippen LogP) is 2.12. The molecule has 2 heterocycles. The summed E-state index contributed by atoms with van der Waals surface area (Å²) in [6.07, 6.45) is 6.49. The summed E-state index contributed by atoms with van der Waals surface area (Å²) in [6.45, 7) is 1.72. The fourth-order valence-electron chi connectivity index (χ4n) is 3.44. The van der Waals surface area contributed by atoms with Crippen molar-refractivity contribution in [3.63, 3.8) is 0 Å². The van der Waals surface area contributed by atoms with Gasteiger partial charge in [-0.2, -0.15) is 0 Å². The van der Waals surface area contributed by atoms with Crippen LogP contribution in [0.5, 0.6) is 0 Å². The van der Waals surface area contributed by atoms with Crippen LogP contribution in [0.25, 0.3) is 0 Å². The number of piperidine rings is 1. The Hall–Kier alpha value is -1.49. The van der Waals surface area contributed by atoms with E-state index in [4.69, 9.17) is 4.42 Å². The Bertz CT molecular complexity index is 460. The van der Waals surface area contributed by atoms with E-state index in [9.17, 15) is 9.90 Å². The van der Waals surface area contributed by atoms with Crippen molar-refractivity contribution in [2.45, 2.75) is 44.2 Å². The fourth-order valence-corrected chi connectivity index (χ4v) is 3.44. The maximum absolute atomic E-state index is 12.2. The van der Waals surface area contributed by atoms with Crippen LogP contribution in [-0.2, 0) is 6.54 Å². The van der Waals surface area contributed by atoms with Crippen molar-refractivity contribution in [1.29, 1.82) is 0 Å². The quantitative estimate of drug-likeness (QED) is 0.871. The standard InChI is InChI=1S/C15H22N2O3/c18-14(16-10-13-5-3-9-20-13)17-8-7-15(19)6-2-1-4-12(15)11-17/h3,5,9,12,19H,1-2,4,6-8,10-11H2,(H,16,18). The molecule has 110 valence electrons. The van der Waals surface area contributed by atoms with Crippen LogP contribution in [-0.4, -0.2) is 34.7 Å². The highest BCUT2D eigenvalue weighted by molar-refractivity contribution is 5.74. The summed E-state index contributed by atoms with van der Waals surface area (Å²) in [6, 6.07) is 3.59. The molecular formula is C15H22N2O3. The molecule has 0 radical (unpaired) electrons. The van der Waals surface area contributed by atoms with Crippen LogP contribution in [0.4, 0.5) is 4.79 Å². The summed E-state index contributed by atoms with van der Waals surface area (Å²) >= 11 is 0. The van der Waals surface area contributed by atoms with Crippen LogP contribution >= 0.6 is 0 Å². The third kappa shape index (κ3) is 2.68. The first-order chi connectivity index (χ1) is 9.67. The van der Waals surface area contributed by atoms with Gasteiger partial charge in [0.2, 0.25) is 0 Å². The van der Waals surface area contributed by atoms with Gasteiger partial charge in [-0.25, -0.2) is 4.79 Å². The Morgan fingerprint density at radius 3 is 3.20 bits per heavy atom. The van der Waals surface area contributed by atoms with Crippen LogP contribution in [0.15, 0.2) is 22.8 Å². The number of nitrogens with zero attached hydrogens (tertiary/aromatic N) is 1. The lowest BCUT2D eigenvalue weighted by atomic mass is 9.71. The number of aliphatic hydroxyl groups is 1. The van der Waals surface area contributed by atoms with E-state index >= 15 is 0 Å². The minimum atomic E-state index is -0.532. The SMILES string of the molecule is O=C(NCc1ccco1)N1CCC2(O)CCCCC2C1. The van der Waals surface area contributed by atoms with Crippen LogP contribution < -0.4 is 5.32 Å². The van der Waals surface area contributed by atoms with Gasteiger partial charge in [-0.1, -0.05) is 12.8 Å². The number of likely N-dealkylation sites (tertiary alicyclic amines) is 1. The monoisotopic (exact) mass is 278 g/mol. The van der Waals surface area contributed by atoms with E-state index in [1.165, 1.54) is 0 Å². The Labute approximate surface area is 118 Å². The van der Waals surface area contributed by atoms with E-state index in [1.54, 1.807) is 6.26 Å². The van der Waals surface area contributed by atoms with Gasteiger partial charge in [0.05, 0.1) is 18.4 Å². The smallest absolute Gasteiger partial charge is 0.317 e. The molecule has 2 amide bonds. The zero-order valence-electron chi connectivity index (χ0n) is 11.7. The highest BCUT2D eigenvalue weighted by Crippen LogP contribution is 2.39. The van der Waals surface area contributed by atoms with Crippen molar-refractivity contribution >= 4 is 6.03 Å². The number of fused-ring (bicyclic) bond motifs is 1. The number of hydrogen-bond acceptors (Lipinski definition) is 3. The number of carbonyl (C=O) groups is 1. The first-order valence-electron chi connectivity index (χ1n) is 7.45. The van der Waals surface area contributed by atoms with Crippen LogP contribution in [0, 0.1) is 5.92 Å². The van der Waals surface area contributed by atoms with Crippen molar-refractivity contribution in [3.8, 4) is 0 Å². The molecule has 1 saturated heterocycles. The molecule has 2 unspecified atom stereocenters. The summed E-state index contributed by atoms with van der Waals surface area (Å²) < 4.78 is 5.20. The van der Waals surface area contributed by atoms with E-state index in [2.05, 4.69) is 5.32 Å². The average Bonchev–Trinajstić information content (AvgIpc) is 2.97. The number of nitrogens with one attached hydrogen (secondary N) is 1. The number of urea groups is 1. The zero-order chi connectivity index (χ0) is 14.0. The van der Waals surface area contributed by atoms with Gasteiger partial charge in [-0.3, -0.25) is 0 Å². The van der Waals surface area contributed by atoms with Gasteiger partial charge < -0.3 is 19.7 Å². The normalized spacial score (nSPS) is 29.9. The van der Waals surface area contributed by atoms with Crippen LogP contribution in [0.1, 0.15) is 37.9 Å². The lowest BCUT2D eigenvalue weighted by Crippen LogP contribution is -2.56. The van der Waals surface area contributed by atoms with Crippen molar-refractivity contribution in [3.05, 3.63) is 24.2 Å². The van der Waals surface area contributed by atoms with Gasteiger partial charge >= 0.3 is 6.03 Å². The first-order valence-corrected chi connectivity index (χ1v) is 7.45. The second kappa shape index (κ2) is 5.48. The summed E-state index contributed by atoms with van der Waals surface area (Å²) in [5.41, 5.74) is -0.532. The van der Waals surface area contributed by atoms with E-state index in [0.29, 0.717) is 26.1 Å². The molecule has 2 fully saturated rings. The van der Waals surface area contributed by atoms with E-state index in [-0.39, 0.29) is 11.9 Å². The average molecular weight is 278 g/mol. The summed E-state index contributed by atoms with van der Waals surface area (Å²) in [7, 11) is 0. The summed E-state index contributed by atoms with van der Waals surface area (Å²) in [5.74, 6) is 0.990. The van der Waals surface area contributed by atoms with Crippen molar-refractivity contribution in [1.82, 2.24) is 10.2 Å². The van der Waals surface area contributed by atoms with Crippen LogP contribution in [0.3, 0.4) is 0 Å². The lowest BCUT2D eigenvalue weighted by Gasteiger charge is -2.47. The third-order valence-electron chi connectivity index (χ3n) is 4.71. The molecule has 20 heavy (non-hydrogen) atoms. The van der Waals surface area contributed by atoms with Gasteiger partial charge in [0.1, 0.15) is 5.76 Å². The number of rotatable bonds is 2. The molecule has 5 heteroatoms. The summed E-state index contributed by atoms with van der Waals surface area (Å²) in [4.78, 5) is 14.0. The van der Waals surface area contributed by atoms with Crippen molar-refractivity contribution in [2.75, 3.05) is 13.1 Å². The first kappa shape index (κ1) is 13.5. The molecular weight excluding hydrogens is 256 g/mol. The summed E-state index contributed by atoms with van der Waals surface area (Å²) in [5, 5.41) is 13.5. The number of hydrogen-bond donors (Lipinski definition) is 2. The molecule has 1 aliphatic carbocycles. The predicted molar refractivity (Wildman–Crippen MR) is 74.0 cm³/mol. The number of furan rings is 1. The van der Waals surface area contributed by atoms with Gasteiger partial charge in [-0.05, 0) is 31.4 Å². The molecule has 1 aromatic rings. The third-order valence-corrected chi connectivity index (χ3v) is 4.71.